The summed E-state index contributed by atoms with van der Waals surface area (Å²) in [6.07, 6.45) is 4.09. The molecule has 32 heavy (non-hydrogen) atoms. The number of β-amino-alcohol motifs (C(OH)–C–C–N with tert-alkyl or cyclic N) is 1. The number of rotatable bonds is 5. The van der Waals surface area contributed by atoms with Gasteiger partial charge < -0.3 is 19.8 Å². The van der Waals surface area contributed by atoms with E-state index < -0.39 is 11.7 Å². The number of piperidine rings is 1. The van der Waals surface area contributed by atoms with Crippen LogP contribution in [0.4, 0.5) is 4.39 Å². The lowest BCUT2D eigenvalue weighted by molar-refractivity contribution is -0.0707. The lowest BCUT2D eigenvalue weighted by atomic mass is 9.83. The van der Waals surface area contributed by atoms with Crippen molar-refractivity contribution in [1.29, 1.82) is 0 Å². The first-order valence-electron chi connectivity index (χ1n) is 11.8. The van der Waals surface area contributed by atoms with Crippen molar-refractivity contribution in [2.24, 2.45) is 5.92 Å². The number of nitrogens with zero attached hydrogens (tertiary/aromatic N) is 1. The Balaban J connectivity index is 1.35. The first-order valence-corrected chi connectivity index (χ1v) is 11.8. The van der Waals surface area contributed by atoms with E-state index in [4.69, 9.17) is 4.74 Å². The van der Waals surface area contributed by atoms with Gasteiger partial charge in [0.25, 0.3) is 0 Å². The summed E-state index contributed by atoms with van der Waals surface area (Å²) >= 11 is 0. The molecule has 2 atom stereocenters. The highest BCUT2D eigenvalue weighted by molar-refractivity contribution is 5.58. The van der Waals surface area contributed by atoms with Crippen molar-refractivity contribution in [2.75, 3.05) is 19.6 Å². The Kier molecular flexibility index (Phi) is 6.51. The molecule has 0 saturated carbocycles. The summed E-state index contributed by atoms with van der Waals surface area (Å²) in [5.41, 5.74) is 4.32. The molecule has 2 aliphatic heterocycles. The fourth-order valence-electron chi connectivity index (χ4n) is 5.26. The number of ether oxygens (including phenoxy) is 1. The summed E-state index contributed by atoms with van der Waals surface area (Å²) in [4.78, 5) is 2.34. The normalized spacial score (nSPS) is 22.9. The summed E-state index contributed by atoms with van der Waals surface area (Å²) in [6.45, 7) is 10.4. The summed E-state index contributed by atoms with van der Waals surface area (Å²) in [5, 5.41) is 21.6. The van der Waals surface area contributed by atoms with Crippen LogP contribution in [0.3, 0.4) is 0 Å². The Morgan fingerprint density at radius 2 is 1.75 bits per heavy atom. The van der Waals surface area contributed by atoms with Crippen LogP contribution in [0.25, 0.3) is 0 Å². The van der Waals surface area contributed by atoms with Crippen molar-refractivity contribution in [3.8, 4) is 11.5 Å². The SMILES string of the molecule is Cc1c(C)c2c(c(C)c1O)CCC(C)(C(O)CN1CCC(Cc3ccc(F)cc3)CC1)O2. The van der Waals surface area contributed by atoms with Crippen molar-refractivity contribution < 1.29 is 19.3 Å². The van der Waals surface area contributed by atoms with Gasteiger partial charge in [-0.15, -0.1) is 0 Å². The highest BCUT2D eigenvalue weighted by atomic mass is 19.1. The number of phenolic OH excluding ortho intramolecular Hbond substituents is 1. The quantitative estimate of drug-likeness (QED) is 0.696. The molecule has 4 nitrogen and oxygen atoms in total. The number of aromatic hydroxyl groups is 1. The van der Waals surface area contributed by atoms with Crippen molar-refractivity contribution in [1.82, 2.24) is 4.90 Å². The van der Waals surface area contributed by atoms with Gasteiger partial charge >= 0.3 is 0 Å². The van der Waals surface area contributed by atoms with Crippen molar-refractivity contribution in [2.45, 2.75) is 71.5 Å². The summed E-state index contributed by atoms with van der Waals surface area (Å²) in [7, 11) is 0. The van der Waals surface area contributed by atoms with Crippen LogP contribution in [0.2, 0.25) is 0 Å². The number of phenols is 1. The number of benzene rings is 2. The van der Waals surface area contributed by atoms with Crippen LogP contribution >= 0.6 is 0 Å². The highest BCUT2D eigenvalue weighted by Crippen LogP contribution is 2.44. The number of aliphatic hydroxyl groups excluding tert-OH is 1. The molecule has 0 bridgehead atoms. The van der Waals surface area contributed by atoms with Gasteiger partial charge in [0.2, 0.25) is 0 Å². The largest absolute Gasteiger partial charge is 0.507 e. The lowest BCUT2D eigenvalue weighted by Crippen LogP contribution is -2.53. The minimum absolute atomic E-state index is 0.184. The minimum Gasteiger partial charge on any atom is -0.507 e. The van der Waals surface area contributed by atoms with Crippen LogP contribution < -0.4 is 4.74 Å². The molecular weight excluding hydrogens is 405 g/mol. The van der Waals surface area contributed by atoms with E-state index in [-0.39, 0.29) is 5.82 Å². The first-order chi connectivity index (χ1) is 15.2. The second-order valence-corrected chi connectivity index (χ2v) is 10.0. The number of likely N-dealkylation sites (tertiary alicyclic amines) is 1. The van der Waals surface area contributed by atoms with Gasteiger partial charge in [0.05, 0.1) is 0 Å². The Morgan fingerprint density at radius 3 is 2.41 bits per heavy atom. The lowest BCUT2D eigenvalue weighted by Gasteiger charge is -2.43. The third-order valence-corrected chi connectivity index (χ3v) is 7.83. The summed E-state index contributed by atoms with van der Waals surface area (Å²) < 4.78 is 19.6. The first kappa shape index (κ1) is 23.1. The van der Waals surface area contributed by atoms with Crippen molar-refractivity contribution >= 4 is 0 Å². The molecule has 0 aromatic heterocycles. The van der Waals surface area contributed by atoms with E-state index in [1.807, 2.05) is 39.8 Å². The molecule has 1 saturated heterocycles. The van der Waals surface area contributed by atoms with Gasteiger partial charge in [0.15, 0.2) is 0 Å². The van der Waals surface area contributed by atoms with Crippen LogP contribution in [0.15, 0.2) is 24.3 Å². The highest BCUT2D eigenvalue weighted by Gasteiger charge is 2.41. The smallest absolute Gasteiger partial charge is 0.134 e. The molecule has 4 rings (SSSR count). The van der Waals surface area contributed by atoms with Crippen LogP contribution in [-0.4, -0.2) is 46.5 Å². The predicted molar refractivity (Wildman–Crippen MR) is 125 cm³/mol. The van der Waals surface area contributed by atoms with Gasteiger partial charge in [-0.05, 0) is 113 Å². The zero-order valence-electron chi connectivity index (χ0n) is 19.7. The molecule has 0 spiro atoms. The van der Waals surface area contributed by atoms with E-state index in [0.717, 1.165) is 73.2 Å². The molecule has 2 aromatic rings. The molecule has 174 valence electrons. The molecule has 0 amide bonds. The fourth-order valence-corrected chi connectivity index (χ4v) is 5.26. The van der Waals surface area contributed by atoms with E-state index in [1.54, 1.807) is 0 Å². The third-order valence-electron chi connectivity index (χ3n) is 7.83. The zero-order valence-corrected chi connectivity index (χ0v) is 19.7. The average molecular weight is 442 g/mol. The van der Waals surface area contributed by atoms with E-state index in [9.17, 15) is 14.6 Å². The molecule has 0 radical (unpaired) electrons. The second kappa shape index (κ2) is 9.03. The number of fused-ring (bicyclic) bond motifs is 1. The molecule has 2 N–H and O–H groups in total. The standard InChI is InChI=1S/C27H36FNO3/c1-17-18(2)26-23(19(3)25(17)31)9-12-27(4,32-26)24(30)16-29-13-10-21(11-14-29)15-20-5-7-22(28)8-6-20/h5-8,21,24,30-31H,9-16H2,1-4H3. The van der Waals surface area contributed by atoms with Gasteiger partial charge in [-0.25, -0.2) is 4.39 Å². The van der Waals surface area contributed by atoms with Crippen molar-refractivity contribution in [3.05, 3.63) is 57.9 Å². The molecule has 1 fully saturated rings. The van der Waals surface area contributed by atoms with Crippen LogP contribution in [0.5, 0.6) is 11.5 Å². The second-order valence-electron chi connectivity index (χ2n) is 10.0. The Bertz CT molecular complexity index is 966. The van der Waals surface area contributed by atoms with Gasteiger partial charge in [0.1, 0.15) is 29.0 Å². The maximum Gasteiger partial charge on any atom is 0.134 e. The van der Waals surface area contributed by atoms with E-state index >= 15 is 0 Å². The topological polar surface area (TPSA) is 52.9 Å². The Labute approximate surface area is 191 Å². The Morgan fingerprint density at radius 1 is 1.09 bits per heavy atom. The maximum absolute atomic E-state index is 13.1. The number of hydrogen-bond acceptors (Lipinski definition) is 4. The molecular formula is C27H36FNO3. The third kappa shape index (κ3) is 4.51. The van der Waals surface area contributed by atoms with Gasteiger partial charge in [-0.1, -0.05) is 12.1 Å². The van der Waals surface area contributed by atoms with E-state index in [2.05, 4.69) is 4.90 Å². The van der Waals surface area contributed by atoms with Crippen molar-refractivity contribution in [3.63, 3.8) is 0 Å². The summed E-state index contributed by atoms with van der Waals surface area (Å²) in [6, 6.07) is 6.84. The van der Waals surface area contributed by atoms with Gasteiger partial charge in [0, 0.05) is 12.1 Å². The van der Waals surface area contributed by atoms with E-state index in [0.29, 0.717) is 18.2 Å². The Hall–Kier alpha value is -2.11. The fraction of sp³-hybridized carbons (Fsp3) is 0.556. The summed E-state index contributed by atoms with van der Waals surface area (Å²) in [5.74, 6) is 1.61. The molecule has 5 heteroatoms. The molecule has 0 aliphatic carbocycles. The van der Waals surface area contributed by atoms with Crippen LogP contribution in [0, 0.1) is 32.5 Å². The number of halogens is 1. The minimum atomic E-state index is -0.640. The van der Waals surface area contributed by atoms with Crippen LogP contribution in [-0.2, 0) is 12.8 Å². The molecule has 2 unspecified atom stereocenters. The van der Waals surface area contributed by atoms with Gasteiger partial charge in [-0.2, -0.15) is 0 Å². The maximum atomic E-state index is 13.1. The number of aliphatic hydroxyl groups is 1. The zero-order chi connectivity index (χ0) is 23.0. The predicted octanol–water partition coefficient (Wildman–Crippen LogP) is 4.86. The molecule has 2 aromatic carbocycles. The van der Waals surface area contributed by atoms with E-state index in [1.165, 1.54) is 17.7 Å². The molecule has 2 heterocycles. The van der Waals surface area contributed by atoms with Crippen LogP contribution in [0.1, 0.15) is 54.0 Å². The average Bonchev–Trinajstić information content (AvgIpc) is 2.79. The number of hydrogen-bond donors (Lipinski definition) is 2. The van der Waals surface area contributed by atoms with Gasteiger partial charge in [-0.3, -0.25) is 0 Å². The molecule has 2 aliphatic rings. The monoisotopic (exact) mass is 441 g/mol.